The Labute approximate surface area is 129 Å². The molecule has 4 nitrogen and oxygen atoms in total. The molecule has 0 atom stereocenters. The molecule has 1 aliphatic carbocycles. The first-order valence-electron chi connectivity index (χ1n) is 8.37. The van der Waals surface area contributed by atoms with E-state index in [2.05, 4.69) is 0 Å². The van der Waals surface area contributed by atoms with Crippen LogP contribution in [-0.2, 0) is 4.74 Å². The Balaban J connectivity index is 2.20. The average molecular weight is 299 g/mol. The van der Waals surface area contributed by atoms with Gasteiger partial charge in [0.1, 0.15) is 5.60 Å². The molecule has 0 aromatic rings. The summed E-state index contributed by atoms with van der Waals surface area (Å²) in [7, 11) is 1.82. The molecule has 1 fully saturated rings. The van der Waals surface area contributed by atoms with Gasteiger partial charge in [0.2, 0.25) is 0 Å². The van der Waals surface area contributed by atoms with Gasteiger partial charge in [0, 0.05) is 20.2 Å². The molecule has 1 aliphatic rings. The molecule has 0 aromatic carbocycles. The topological polar surface area (TPSA) is 49.8 Å². The Kier molecular flexibility index (Phi) is 7.50. The number of nitrogens with zero attached hydrogens (tertiary/aromatic N) is 1. The number of hydrogen-bond donors (Lipinski definition) is 1. The third-order valence-electron chi connectivity index (χ3n) is 4.31. The molecule has 0 bridgehead atoms. The average Bonchev–Trinajstić information content (AvgIpc) is 2.41. The summed E-state index contributed by atoms with van der Waals surface area (Å²) in [5.74, 6) is 1.54. The molecule has 4 heteroatoms. The molecule has 0 saturated heterocycles. The maximum atomic E-state index is 11.9. The second-order valence-corrected chi connectivity index (χ2v) is 7.44. The van der Waals surface area contributed by atoms with Crippen molar-refractivity contribution in [1.82, 2.24) is 4.90 Å². The fourth-order valence-corrected chi connectivity index (χ4v) is 3.00. The van der Waals surface area contributed by atoms with Crippen LogP contribution in [0.1, 0.15) is 65.7 Å². The van der Waals surface area contributed by atoms with Gasteiger partial charge in [-0.3, -0.25) is 0 Å². The zero-order chi connectivity index (χ0) is 15.9. The highest BCUT2D eigenvalue weighted by molar-refractivity contribution is 5.67. The van der Waals surface area contributed by atoms with Crippen LogP contribution in [0.5, 0.6) is 0 Å². The number of aliphatic hydroxyl groups excluding tert-OH is 1. The maximum Gasteiger partial charge on any atom is 0.410 e. The smallest absolute Gasteiger partial charge is 0.410 e. The molecule has 0 radical (unpaired) electrons. The minimum absolute atomic E-state index is 0.223. The summed E-state index contributed by atoms with van der Waals surface area (Å²) in [6.07, 6.45) is 8.04. The number of rotatable bonds is 6. The molecule has 124 valence electrons. The van der Waals surface area contributed by atoms with Gasteiger partial charge in [-0.25, -0.2) is 4.79 Å². The Morgan fingerprint density at radius 3 is 2.14 bits per heavy atom. The van der Waals surface area contributed by atoms with Gasteiger partial charge in [-0.1, -0.05) is 25.7 Å². The summed E-state index contributed by atoms with van der Waals surface area (Å²) < 4.78 is 5.36. The van der Waals surface area contributed by atoms with E-state index in [1.807, 2.05) is 27.8 Å². The van der Waals surface area contributed by atoms with Crippen molar-refractivity contribution in [2.75, 3.05) is 20.2 Å². The zero-order valence-corrected chi connectivity index (χ0v) is 14.2. The van der Waals surface area contributed by atoms with Crippen LogP contribution in [0.25, 0.3) is 0 Å². The van der Waals surface area contributed by atoms with Gasteiger partial charge in [0.05, 0.1) is 0 Å². The van der Waals surface area contributed by atoms with E-state index < -0.39 is 5.60 Å². The van der Waals surface area contributed by atoms with Crippen LogP contribution in [0, 0.1) is 11.8 Å². The summed E-state index contributed by atoms with van der Waals surface area (Å²) >= 11 is 0. The fraction of sp³-hybridized carbons (Fsp3) is 0.941. The molecule has 1 amide bonds. The van der Waals surface area contributed by atoms with E-state index in [-0.39, 0.29) is 6.09 Å². The monoisotopic (exact) mass is 299 g/mol. The molecule has 0 aromatic heterocycles. The molecular weight excluding hydrogens is 266 g/mol. The quantitative estimate of drug-likeness (QED) is 0.811. The number of hydrogen-bond acceptors (Lipinski definition) is 3. The van der Waals surface area contributed by atoms with Gasteiger partial charge < -0.3 is 14.7 Å². The van der Waals surface area contributed by atoms with Gasteiger partial charge in [-0.15, -0.1) is 0 Å². The van der Waals surface area contributed by atoms with Gasteiger partial charge in [0.25, 0.3) is 0 Å². The SMILES string of the molecule is CN(CC[C@H]1CC[C@H](CCCO)CC1)C(=O)OC(C)(C)C. The van der Waals surface area contributed by atoms with Crippen LogP contribution in [-0.4, -0.2) is 41.9 Å². The Hall–Kier alpha value is -0.770. The van der Waals surface area contributed by atoms with Crippen molar-refractivity contribution in [3.8, 4) is 0 Å². The Bertz CT molecular complexity index is 304. The van der Waals surface area contributed by atoms with Crippen LogP contribution in [0.15, 0.2) is 0 Å². The van der Waals surface area contributed by atoms with Gasteiger partial charge in [-0.05, 0) is 51.9 Å². The maximum absolute atomic E-state index is 11.9. The minimum Gasteiger partial charge on any atom is -0.444 e. The largest absolute Gasteiger partial charge is 0.444 e. The summed E-state index contributed by atoms with van der Waals surface area (Å²) in [6, 6.07) is 0. The van der Waals surface area contributed by atoms with E-state index in [4.69, 9.17) is 9.84 Å². The van der Waals surface area contributed by atoms with E-state index in [0.29, 0.717) is 6.61 Å². The van der Waals surface area contributed by atoms with E-state index in [1.165, 1.54) is 32.1 Å². The predicted octanol–water partition coefficient (Wildman–Crippen LogP) is 3.82. The minimum atomic E-state index is -0.421. The normalized spacial score (nSPS) is 22.9. The van der Waals surface area contributed by atoms with Gasteiger partial charge in [-0.2, -0.15) is 0 Å². The van der Waals surface area contributed by atoms with Crippen molar-refractivity contribution < 1.29 is 14.6 Å². The van der Waals surface area contributed by atoms with Crippen molar-refractivity contribution >= 4 is 6.09 Å². The third-order valence-corrected chi connectivity index (χ3v) is 4.31. The van der Waals surface area contributed by atoms with Crippen molar-refractivity contribution in [3.05, 3.63) is 0 Å². The summed E-state index contributed by atoms with van der Waals surface area (Å²) in [5, 5.41) is 8.88. The zero-order valence-electron chi connectivity index (χ0n) is 14.2. The summed E-state index contributed by atoms with van der Waals surface area (Å²) in [5.41, 5.74) is -0.421. The highest BCUT2D eigenvalue weighted by Crippen LogP contribution is 2.33. The summed E-state index contributed by atoms with van der Waals surface area (Å²) in [6.45, 7) is 6.78. The number of amides is 1. The number of carbonyl (C=O) groups is 1. The molecule has 1 rings (SSSR count). The lowest BCUT2D eigenvalue weighted by Crippen LogP contribution is -2.35. The second kappa shape index (κ2) is 8.62. The van der Waals surface area contributed by atoms with Gasteiger partial charge >= 0.3 is 6.09 Å². The van der Waals surface area contributed by atoms with Crippen molar-refractivity contribution in [2.24, 2.45) is 11.8 Å². The highest BCUT2D eigenvalue weighted by atomic mass is 16.6. The van der Waals surface area contributed by atoms with Crippen LogP contribution >= 0.6 is 0 Å². The summed E-state index contributed by atoms with van der Waals surface area (Å²) in [4.78, 5) is 13.6. The van der Waals surface area contributed by atoms with Crippen molar-refractivity contribution in [2.45, 2.75) is 71.3 Å². The second-order valence-electron chi connectivity index (χ2n) is 7.44. The highest BCUT2D eigenvalue weighted by Gasteiger charge is 2.23. The molecule has 0 aliphatic heterocycles. The van der Waals surface area contributed by atoms with Crippen LogP contribution in [0.3, 0.4) is 0 Å². The lowest BCUT2D eigenvalue weighted by molar-refractivity contribution is 0.0286. The van der Waals surface area contributed by atoms with E-state index >= 15 is 0 Å². The predicted molar refractivity (Wildman–Crippen MR) is 85.2 cm³/mol. The van der Waals surface area contributed by atoms with E-state index in [1.54, 1.807) is 4.90 Å². The van der Waals surface area contributed by atoms with Crippen LogP contribution < -0.4 is 0 Å². The van der Waals surface area contributed by atoms with Crippen molar-refractivity contribution in [3.63, 3.8) is 0 Å². The van der Waals surface area contributed by atoms with Crippen LogP contribution in [0.4, 0.5) is 4.79 Å². The molecule has 1 N–H and O–H groups in total. The molecule has 0 unspecified atom stereocenters. The molecule has 0 heterocycles. The molecule has 1 saturated carbocycles. The fourth-order valence-electron chi connectivity index (χ4n) is 3.00. The number of carbonyl (C=O) groups excluding carboxylic acids is 1. The Morgan fingerprint density at radius 2 is 1.67 bits per heavy atom. The van der Waals surface area contributed by atoms with Gasteiger partial charge in [0.15, 0.2) is 0 Å². The van der Waals surface area contributed by atoms with E-state index in [9.17, 15) is 4.79 Å². The van der Waals surface area contributed by atoms with E-state index in [0.717, 1.165) is 31.2 Å². The molecule has 21 heavy (non-hydrogen) atoms. The third kappa shape index (κ3) is 7.70. The first-order valence-corrected chi connectivity index (χ1v) is 8.37. The Morgan fingerprint density at radius 1 is 1.14 bits per heavy atom. The molecule has 0 spiro atoms. The van der Waals surface area contributed by atoms with Crippen molar-refractivity contribution in [1.29, 1.82) is 0 Å². The number of ether oxygens (including phenoxy) is 1. The standard InChI is InChI=1S/C17H33NO3/c1-17(2,3)21-16(20)18(4)12-11-15-9-7-14(8-10-15)6-5-13-19/h14-15,19H,5-13H2,1-4H3/t14-,15-. The lowest BCUT2D eigenvalue weighted by Gasteiger charge is -2.30. The lowest BCUT2D eigenvalue weighted by atomic mass is 9.79. The van der Waals surface area contributed by atoms with Crippen LogP contribution in [0.2, 0.25) is 0 Å². The first kappa shape index (κ1) is 18.3. The first-order chi connectivity index (χ1) is 9.81. The molecular formula is C17H33NO3. The number of aliphatic hydroxyl groups is 1.